The number of hydrogen-bond acceptors (Lipinski definition) is 6. The highest BCUT2D eigenvalue weighted by molar-refractivity contribution is 6.64. The molecule has 12 heteroatoms. The largest absolute Gasteiger partial charge is 0.506 e. The van der Waals surface area contributed by atoms with Gasteiger partial charge in [-0.2, -0.15) is 0 Å². The van der Waals surface area contributed by atoms with E-state index in [9.17, 15) is 19.5 Å². The van der Waals surface area contributed by atoms with Crippen LogP contribution in [0.15, 0.2) is 18.2 Å². The minimum atomic E-state index is -0.639. The Bertz CT molecular complexity index is 1250. The second-order valence-electron chi connectivity index (χ2n) is 11.2. The van der Waals surface area contributed by atoms with E-state index in [1.54, 1.807) is 11.9 Å². The number of piperazine rings is 1. The van der Waals surface area contributed by atoms with Crippen LogP contribution in [0.3, 0.4) is 0 Å². The van der Waals surface area contributed by atoms with Crippen LogP contribution >= 0.6 is 0 Å². The standard InChI is InChI=1S/C28H40B4N4O4/c1-33-27(39)20(9-5-15-37)36-16-19-17(7-4-8-18(19)28(36)40)6-2-3-10-34-11-13-35(14-12-34)25-23(31)21(29)22(30)24(32)26(25)38/h4,7-8,15,20,38H,2-3,5-6,9-14,16,29-32H2,1H3,(H,33,39). The molecule has 0 aliphatic carbocycles. The fourth-order valence-corrected chi connectivity index (χ4v) is 6.23. The van der Waals surface area contributed by atoms with Crippen molar-refractivity contribution >= 4 is 77.0 Å². The number of hydrogen-bond donors (Lipinski definition) is 2. The van der Waals surface area contributed by atoms with Gasteiger partial charge in [0.25, 0.3) is 5.91 Å². The number of carbonyl (C=O) groups is 3. The van der Waals surface area contributed by atoms with E-state index in [-0.39, 0.29) is 18.2 Å². The van der Waals surface area contributed by atoms with Crippen molar-refractivity contribution in [2.24, 2.45) is 0 Å². The summed E-state index contributed by atoms with van der Waals surface area (Å²) in [7, 11) is 9.89. The van der Waals surface area contributed by atoms with Gasteiger partial charge >= 0.3 is 0 Å². The number of nitrogens with zero attached hydrogens (tertiary/aromatic N) is 3. The molecule has 1 fully saturated rings. The Kier molecular flexibility index (Phi) is 9.72. The fourth-order valence-electron chi connectivity index (χ4n) is 6.23. The maximum absolute atomic E-state index is 13.2. The fraction of sp³-hybridized carbons (Fsp3) is 0.464. The van der Waals surface area contributed by atoms with E-state index in [0.29, 0.717) is 24.3 Å². The number of phenols is 1. The van der Waals surface area contributed by atoms with E-state index in [1.165, 1.54) is 22.0 Å². The van der Waals surface area contributed by atoms with E-state index in [0.717, 1.165) is 75.0 Å². The first kappa shape index (κ1) is 29.8. The number of anilines is 1. The SMILES string of the molecule is Bc1c(B)c(B)c(N2CCN(CCCCc3cccc4c3CN(C(CCC=O)C(=O)NC)C4=O)CC2)c(O)c1B. The highest BCUT2D eigenvalue weighted by Gasteiger charge is 2.36. The van der Waals surface area contributed by atoms with Crippen LogP contribution < -0.4 is 32.1 Å². The van der Waals surface area contributed by atoms with Crippen LogP contribution in [0.5, 0.6) is 5.75 Å². The normalized spacial score (nSPS) is 16.2. The second-order valence-corrected chi connectivity index (χ2v) is 11.2. The number of rotatable bonds is 11. The zero-order valence-electron chi connectivity index (χ0n) is 24.7. The quantitative estimate of drug-likeness (QED) is 0.170. The van der Waals surface area contributed by atoms with Crippen molar-refractivity contribution in [2.45, 2.75) is 44.7 Å². The lowest BCUT2D eigenvalue weighted by Crippen LogP contribution is -2.53. The maximum atomic E-state index is 13.2. The average molecular weight is 540 g/mol. The topological polar surface area (TPSA) is 93.2 Å². The number of fused-ring (bicyclic) bond motifs is 1. The molecule has 2 amide bonds. The van der Waals surface area contributed by atoms with Gasteiger partial charge in [-0.15, -0.1) is 0 Å². The number of aromatic hydroxyl groups is 1. The number of unbranched alkanes of at least 4 members (excludes halogenated alkanes) is 1. The number of likely N-dealkylation sites (N-methyl/N-ethyl adjacent to an activating group) is 1. The molecule has 2 aliphatic heterocycles. The van der Waals surface area contributed by atoms with E-state index in [1.807, 2.05) is 20.0 Å². The van der Waals surface area contributed by atoms with Crippen LogP contribution in [0, 0.1) is 0 Å². The van der Waals surface area contributed by atoms with E-state index < -0.39 is 6.04 Å². The molecule has 2 aliphatic rings. The van der Waals surface area contributed by atoms with Gasteiger partial charge in [-0.1, -0.05) is 34.0 Å². The Labute approximate surface area is 241 Å². The minimum absolute atomic E-state index is 0.130. The van der Waals surface area contributed by atoms with Gasteiger partial charge in [0.2, 0.25) is 5.91 Å². The smallest absolute Gasteiger partial charge is 0.255 e. The summed E-state index contributed by atoms with van der Waals surface area (Å²) in [5.74, 6) is 0.0593. The van der Waals surface area contributed by atoms with Crippen molar-refractivity contribution in [1.82, 2.24) is 15.1 Å². The van der Waals surface area contributed by atoms with Crippen molar-refractivity contribution < 1.29 is 19.5 Å². The first-order valence-corrected chi connectivity index (χ1v) is 14.5. The Hall–Kier alpha value is -3.13. The van der Waals surface area contributed by atoms with Gasteiger partial charge in [0.05, 0.1) is 5.69 Å². The number of aldehydes is 1. The summed E-state index contributed by atoms with van der Waals surface area (Å²) < 4.78 is 0. The number of carbonyl (C=O) groups excluding carboxylic acids is 3. The van der Waals surface area contributed by atoms with Gasteiger partial charge in [0, 0.05) is 51.8 Å². The Morgan fingerprint density at radius 2 is 1.75 bits per heavy atom. The lowest BCUT2D eigenvalue weighted by molar-refractivity contribution is -0.125. The van der Waals surface area contributed by atoms with Crippen LogP contribution in [0.2, 0.25) is 0 Å². The van der Waals surface area contributed by atoms with Crippen LogP contribution in [0.1, 0.15) is 47.2 Å². The summed E-state index contributed by atoms with van der Waals surface area (Å²) in [6.07, 6.45) is 4.33. The van der Waals surface area contributed by atoms with E-state index in [4.69, 9.17) is 0 Å². The predicted molar refractivity (Wildman–Crippen MR) is 172 cm³/mol. The monoisotopic (exact) mass is 540 g/mol. The summed E-state index contributed by atoms with van der Waals surface area (Å²) in [6, 6.07) is 5.23. The van der Waals surface area contributed by atoms with Crippen molar-refractivity contribution in [3.05, 3.63) is 34.9 Å². The number of phenolic OH excluding ortho intramolecular Hbond substituents is 1. The molecule has 2 aromatic carbocycles. The highest BCUT2D eigenvalue weighted by Crippen LogP contribution is 2.30. The van der Waals surface area contributed by atoms with Gasteiger partial charge in [0.15, 0.2) is 0 Å². The number of aryl methyl sites for hydroxylation is 1. The van der Waals surface area contributed by atoms with Crippen molar-refractivity contribution in [3.8, 4) is 5.75 Å². The third kappa shape index (κ3) is 5.97. The maximum Gasteiger partial charge on any atom is 0.255 e. The van der Waals surface area contributed by atoms with Crippen LogP contribution in [-0.2, 0) is 22.6 Å². The Morgan fingerprint density at radius 1 is 1.05 bits per heavy atom. The summed E-state index contributed by atoms with van der Waals surface area (Å²) in [4.78, 5) is 43.0. The Morgan fingerprint density at radius 3 is 2.42 bits per heavy atom. The summed E-state index contributed by atoms with van der Waals surface area (Å²) in [5, 5.41) is 13.5. The van der Waals surface area contributed by atoms with Gasteiger partial charge in [-0.3, -0.25) is 14.5 Å². The molecule has 0 saturated carbocycles. The molecule has 4 rings (SSSR count). The molecular weight excluding hydrogens is 500 g/mol. The average Bonchev–Trinajstić information content (AvgIpc) is 3.30. The first-order chi connectivity index (χ1) is 19.2. The van der Waals surface area contributed by atoms with Crippen LogP contribution in [0.25, 0.3) is 0 Å². The highest BCUT2D eigenvalue weighted by atomic mass is 16.3. The number of benzene rings is 2. The van der Waals surface area contributed by atoms with Gasteiger partial charge in [-0.05, 0) is 49.4 Å². The number of amides is 2. The third-order valence-electron chi connectivity index (χ3n) is 9.06. The van der Waals surface area contributed by atoms with E-state index in [2.05, 4.69) is 44.7 Å². The van der Waals surface area contributed by atoms with Gasteiger partial charge in [-0.25, -0.2) is 0 Å². The molecular formula is C28H40B4N4O4. The van der Waals surface area contributed by atoms with Crippen LogP contribution in [-0.4, -0.2) is 110 Å². The van der Waals surface area contributed by atoms with Crippen molar-refractivity contribution in [2.75, 3.05) is 44.7 Å². The molecule has 2 aromatic rings. The lowest BCUT2D eigenvalue weighted by Gasteiger charge is -2.38. The second kappa shape index (κ2) is 13.0. The van der Waals surface area contributed by atoms with Crippen molar-refractivity contribution in [3.63, 3.8) is 0 Å². The van der Waals surface area contributed by atoms with Gasteiger partial charge < -0.3 is 25.0 Å². The van der Waals surface area contributed by atoms with Gasteiger partial charge in [0.1, 0.15) is 49.5 Å². The molecule has 0 radical (unpaired) electrons. The third-order valence-corrected chi connectivity index (χ3v) is 9.06. The number of nitrogens with one attached hydrogen (secondary N) is 1. The zero-order chi connectivity index (χ0) is 29.0. The Balaban J connectivity index is 1.30. The molecule has 208 valence electrons. The van der Waals surface area contributed by atoms with E-state index >= 15 is 0 Å². The molecule has 2 heterocycles. The molecule has 40 heavy (non-hydrogen) atoms. The minimum Gasteiger partial charge on any atom is -0.506 e. The molecule has 1 saturated heterocycles. The lowest BCUT2D eigenvalue weighted by atomic mass is 9.65. The molecule has 1 atom stereocenters. The molecule has 0 bridgehead atoms. The van der Waals surface area contributed by atoms with Crippen molar-refractivity contribution in [1.29, 1.82) is 0 Å². The summed E-state index contributed by atoms with van der Waals surface area (Å²) >= 11 is 0. The first-order valence-electron chi connectivity index (χ1n) is 14.5. The molecule has 0 aromatic heterocycles. The summed E-state index contributed by atoms with van der Waals surface area (Å²) in [6.45, 7) is 5.17. The molecule has 1 unspecified atom stereocenters. The molecule has 8 nitrogen and oxygen atoms in total. The van der Waals surface area contributed by atoms with Crippen LogP contribution in [0.4, 0.5) is 5.69 Å². The predicted octanol–water partition coefficient (Wildman–Crippen LogP) is -4.38. The molecule has 2 N–H and O–H groups in total. The summed E-state index contributed by atoms with van der Waals surface area (Å²) in [5.41, 5.74) is 8.42. The molecule has 0 spiro atoms. The zero-order valence-corrected chi connectivity index (χ0v) is 24.7.